The molecule has 144 valence electrons. The van der Waals surface area contributed by atoms with Crippen LogP contribution in [0.4, 0.5) is 0 Å². The fourth-order valence-corrected chi connectivity index (χ4v) is 3.33. The van der Waals surface area contributed by atoms with Crippen molar-refractivity contribution in [2.75, 3.05) is 13.1 Å². The van der Waals surface area contributed by atoms with E-state index in [1.807, 2.05) is 0 Å². The number of unbranched alkanes of at least 4 members (excludes halogenated alkanes) is 16. The quantitative estimate of drug-likeness (QED) is 0.139. The predicted molar refractivity (Wildman–Crippen MR) is 117 cm³/mol. The van der Waals surface area contributed by atoms with Crippen molar-refractivity contribution in [2.24, 2.45) is 5.73 Å². The van der Waals surface area contributed by atoms with Gasteiger partial charge in [-0.2, -0.15) is 0 Å². The van der Waals surface area contributed by atoms with Crippen LogP contribution in [-0.4, -0.2) is 17.4 Å². The molecule has 0 spiro atoms. The van der Waals surface area contributed by atoms with Crippen molar-refractivity contribution in [3.63, 3.8) is 0 Å². The summed E-state index contributed by atoms with van der Waals surface area (Å²) in [7, 11) is 0. The number of rotatable bonds is 19. The van der Waals surface area contributed by atoms with Crippen molar-refractivity contribution in [3.05, 3.63) is 0 Å². The molecule has 0 aliphatic carbocycles. The van der Waals surface area contributed by atoms with E-state index in [2.05, 4.69) is 17.9 Å². The zero-order chi connectivity index (χ0) is 17.7. The van der Waals surface area contributed by atoms with E-state index < -0.39 is 0 Å². The molecule has 0 aromatic carbocycles. The summed E-state index contributed by atoms with van der Waals surface area (Å²) in [6.45, 7) is 1.85. The summed E-state index contributed by atoms with van der Waals surface area (Å²) in [6.07, 6.45) is 23.6. The largest absolute Gasteiger partial charge is 0.371 e. The number of thiol groups is 1. The van der Waals surface area contributed by atoms with Gasteiger partial charge in [0.25, 0.3) is 0 Å². The first-order chi connectivity index (χ1) is 11.8. The van der Waals surface area contributed by atoms with Crippen LogP contribution in [0.3, 0.4) is 0 Å². The van der Waals surface area contributed by atoms with Crippen LogP contribution in [0.1, 0.15) is 109 Å². The summed E-state index contributed by atoms with van der Waals surface area (Å²) in [5.74, 6) is 0. The Kier molecular flexibility index (Phi) is 21.4. The van der Waals surface area contributed by atoms with Crippen molar-refractivity contribution < 1.29 is 0 Å². The van der Waals surface area contributed by atoms with Crippen molar-refractivity contribution >= 4 is 29.2 Å². The summed E-state index contributed by atoms with van der Waals surface area (Å²) in [4.78, 5) is 0. The third kappa shape index (κ3) is 22.2. The molecule has 0 aliphatic rings. The minimum Gasteiger partial charge on any atom is -0.371 e. The predicted octanol–water partition coefficient (Wildman–Crippen LogP) is 6.38. The van der Waals surface area contributed by atoms with E-state index in [0.29, 0.717) is 4.32 Å². The topological polar surface area (TPSA) is 38.0 Å². The van der Waals surface area contributed by atoms with Crippen LogP contribution < -0.4 is 11.1 Å². The minimum atomic E-state index is 0.623. The van der Waals surface area contributed by atoms with Gasteiger partial charge in [0.2, 0.25) is 0 Å². The number of nitrogens with two attached hydrogens (primary N) is 1. The second-order valence-electron chi connectivity index (χ2n) is 7.03. The van der Waals surface area contributed by atoms with E-state index >= 15 is 0 Å². The van der Waals surface area contributed by atoms with E-state index in [1.54, 1.807) is 0 Å². The highest BCUT2D eigenvalue weighted by atomic mass is 32.1. The van der Waals surface area contributed by atoms with E-state index in [4.69, 9.17) is 18.0 Å². The molecule has 0 unspecified atom stereocenters. The van der Waals surface area contributed by atoms with Crippen molar-refractivity contribution in [3.8, 4) is 0 Å². The molecule has 3 N–H and O–H groups in total. The first-order valence-corrected chi connectivity index (χ1v) is 11.3. The third-order valence-electron chi connectivity index (χ3n) is 4.66. The third-order valence-corrected chi connectivity index (χ3v) is 4.96. The van der Waals surface area contributed by atoms with Crippen molar-refractivity contribution in [1.82, 2.24) is 5.32 Å². The molecule has 0 rings (SSSR count). The lowest BCUT2D eigenvalue weighted by Gasteiger charge is -2.04. The molecule has 0 radical (unpaired) electrons. The molecule has 0 atom stereocenters. The van der Waals surface area contributed by atoms with Gasteiger partial charge in [0.15, 0.2) is 0 Å². The van der Waals surface area contributed by atoms with E-state index in [0.717, 1.165) is 13.1 Å². The van der Waals surface area contributed by atoms with Gasteiger partial charge < -0.3 is 11.1 Å². The Balaban J connectivity index is 2.97. The fraction of sp³-hybridized carbons (Fsp3) is 0.950. The highest BCUT2D eigenvalue weighted by Crippen LogP contribution is 2.13. The van der Waals surface area contributed by atoms with Crippen LogP contribution in [0, 0.1) is 0 Å². The normalized spacial score (nSPS) is 10.9. The maximum Gasteiger partial charge on any atom is 0.130 e. The zero-order valence-electron chi connectivity index (χ0n) is 15.9. The Bertz CT molecular complexity index is 260. The molecule has 0 saturated carbocycles. The monoisotopic (exact) mass is 374 g/mol. The molecule has 0 aromatic heterocycles. The molecule has 0 amide bonds. The van der Waals surface area contributed by atoms with E-state index in [9.17, 15) is 0 Å². The van der Waals surface area contributed by atoms with E-state index in [1.165, 1.54) is 109 Å². The molecule has 2 nitrogen and oxygen atoms in total. The summed E-state index contributed by atoms with van der Waals surface area (Å²) < 4.78 is 0.623. The average molecular weight is 375 g/mol. The molecular weight excluding hydrogens is 332 g/mol. The molecule has 0 aromatic rings. The molecule has 0 saturated heterocycles. The van der Waals surface area contributed by atoms with Gasteiger partial charge >= 0.3 is 0 Å². The molecule has 0 aliphatic heterocycles. The van der Waals surface area contributed by atoms with Gasteiger partial charge in [-0.3, -0.25) is 0 Å². The number of hydrogen-bond donors (Lipinski definition) is 3. The first-order valence-electron chi connectivity index (χ1n) is 10.4. The lowest BCUT2D eigenvalue weighted by Crippen LogP contribution is -2.17. The summed E-state index contributed by atoms with van der Waals surface area (Å²) >= 11 is 8.92. The Labute approximate surface area is 162 Å². The number of hydrogen-bond acceptors (Lipinski definition) is 2. The van der Waals surface area contributed by atoms with Crippen LogP contribution in [0.25, 0.3) is 0 Å². The molecule has 4 heteroatoms. The molecular formula is C20H42N2S2. The van der Waals surface area contributed by atoms with Crippen LogP contribution in [0.15, 0.2) is 0 Å². The number of thiocarbonyl (C=S) groups is 1. The van der Waals surface area contributed by atoms with E-state index in [-0.39, 0.29) is 0 Å². The lowest BCUT2D eigenvalue weighted by atomic mass is 10.0. The lowest BCUT2D eigenvalue weighted by molar-refractivity contribution is 0.526. The summed E-state index contributed by atoms with van der Waals surface area (Å²) in [5.41, 5.74) is 5.50. The highest BCUT2D eigenvalue weighted by Gasteiger charge is 1.95. The van der Waals surface area contributed by atoms with Crippen molar-refractivity contribution in [1.29, 1.82) is 0 Å². The van der Waals surface area contributed by atoms with Crippen LogP contribution in [0.5, 0.6) is 0 Å². The van der Waals surface area contributed by atoms with Crippen LogP contribution in [-0.2, 0) is 0 Å². The Morgan fingerprint density at radius 3 is 1.17 bits per heavy atom. The highest BCUT2D eigenvalue weighted by molar-refractivity contribution is 8.11. The van der Waals surface area contributed by atoms with Crippen LogP contribution >= 0.6 is 24.8 Å². The Morgan fingerprint density at radius 2 is 0.875 bits per heavy atom. The SMILES string of the molecule is NCCCCCCCCCCCCCCCCCCCNC(=S)S. The van der Waals surface area contributed by atoms with Gasteiger partial charge in [0, 0.05) is 6.54 Å². The molecule has 0 fully saturated rings. The van der Waals surface area contributed by atoms with Gasteiger partial charge in [-0.05, 0) is 19.4 Å². The fourth-order valence-electron chi connectivity index (χ4n) is 3.12. The second kappa shape index (κ2) is 21.2. The van der Waals surface area contributed by atoms with Gasteiger partial charge in [0.05, 0.1) is 0 Å². The average Bonchev–Trinajstić information content (AvgIpc) is 2.56. The maximum absolute atomic E-state index is 5.50. The minimum absolute atomic E-state index is 0.623. The smallest absolute Gasteiger partial charge is 0.130 e. The molecule has 24 heavy (non-hydrogen) atoms. The summed E-state index contributed by atoms with van der Waals surface area (Å²) in [5, 5.41) is 3.09. The second-order valence-corrected chi connectivity index (χ2v) is 8.19. The Hall–Kier alpha value is 0.200. The zero-order valence-corrected chi connectivity index (χ0v) is 17.6. The van der Waals surface area contributed by atoms with Gasteiger partial charge in [-0.1, -0.05) is 109 Å². The van der Waals surface area contributed by atoms with Crippen LogP contribution in [0.2, 0.25) is 0 Å². The van der Waals surface area contributed by atoms with Crippen molar-refractivity contribution in [2.45, 2.75) is 109 Å². The number of nitrogens with one attached hydrogen (secondary N) is 1. The standard InChI is InChI=1S/C20H42N2S2/c21-18-16-14-12-10-8-6-4-2-1-3-5-7-9-11-13-15-17-19-22-20(23)24/h1-19,21H2,(H2,22,23,24). The molecule has 0 bridgehead atoms. The molecule has 0 heterocycles. The van der Waals surface area contributed by atoms with Gasteiger partial charge in [0.1, 0.15) is 4.32 Å². The maximum atomic E-state index is 5.50. The first kappa shape index (κ1) is 24.2. The van der Waals surface area contributed by atoms with Gasteiger partial charge in [-0.15, -0.1) is 12.6 Å². The Morgan fingerprint density at radius 1 is 0.583 bits per heavy atom. The summed E-state index contributed by atoms with van der Waals surface area (Å²) in [6, 6.07) is 0. The van der Waals surface area contributed by atoms with Gasteiger partial charge in [-0.25, -0.2) is 0 Å².